The van der Waals surface area contributed by atoms with Gasteiger partial charge in [0.1, 0.15) is 5.75 Å². The lowest BCUT2D eigenvalue weighted by Crippen LogP contribution is -2.53. The standard InChI is InChI=1S/C20H28O3/c1-3-19-10-11-20(22)15-7-5-14(23-2)12-13(15)4-6-17(20)16(19)8-9-18(19)21/h5,7,12,16-18,21-22H,3-4,6,8-11H2,1-2H3/t16-,17+,18-,19-,20-/m0/s1. The van der Waals surface area contributed by atoms with Gasteiger partial charge in [-0.05, 0) is 85.5 Å². The highest BCUT2D eigenvalue weighted by atomic mass is 16.5. The molecule has 1 aromatic rings. The van der Waals surface area contributed by atoms with E-state index in [1.165, 1.54) is 5.56 Å². The van der Waals surface area contributed by atoms with E-state index >= 15 is 0 Å². The number of fused-ring (bicyclic) bond motifs is 5. The molecule has 3 heteroatoms. The van der Waals surface area contributed by atoms with Crippen LogP contribution in [0, 0.1) is 17.3 Å². The van der Waals surface area contributed by atoms with Crippen molar-refractivity contribution in [2.75, 3.05) is 7.11 Å². The number of aryl methyl sites for hydroxylation is 1. The van der Waals surface area contributed by atoms with Crippen molar-refractivity contribution < 1.29 is 14.9 Å². The third-order valence-corrected chi connectivity index (χ3v) is 7.39. The van der Waals surface area contributed by atoms with Gasteiger partial charge in [-0.2, -0.15) is 0 Å². The van der Waals surface area contributed by atoms with E-state index < -0.39 is 5.60 Å². The largest absolute Gasteiger partial charge is 0.497 e. The molecule has 0 bridgehead atoms. The quantitative estimate of drug-likeness (QED) is 0.879. The average molecular weight is 316 g/mol. The highest BCUT2D eigenvalue weighted by Crippen LogP contribution is 2.63. The molecule has 0 heterocycles. The van der Waals surface area contributed by atoms with Crippen LogP contribution in [0.25, 0.3) is 0 Å². The number of rotatable bonds is 2. The third kappa shape index (κ3) is 1.96. The molecule has 0 amide bonds. The number of aliphatic hydroxyl groups excluding tert-OH is 1. The molecule has 1 aromatic carbocycles. The molecule has 0 saturated heterocycles. The Bertz CT molecular complexity index is 613. The van der Waals surface area contributed by atoms with E-state index in [0.717, 1.165) is 56.3 Å². The second-order valence-electron chi connectivity index (χ2n) is 7.88. The summed E-state index contributed by atoms with van der Waals surface area (Å²) in [5, 5.41) is 22.2. The molecule has 4 rings (SSSR count). The molecule has 5 atom stereocenters. The second-order valence-corrected chi connectivity index (χ2v) is 7.88. The van der Waals surface area contributed by atoms with Gasteiger partial charge in [0.2, 0.25) is 0 Å². The molecular formula is C20H28O3. The summed E-state index contributed by atoms with van der Waals surface area (Å²) in [6.45, 7) is 2.22. The molecule has 3 aliphatic carbocycles. The highest BCUT2D eigenvalue weighted by molar-refractivity contribution is 5.42. The fourth-order valence-electron chi connectivity index (χ4n) is 6.14. The van der Waals surface area contributed by atoms with Crippen molar-refractivity contribution in [3.05, 3.63) is 29.3 Å². The van der Waals surface area contributed by atoms with Gasteiger partial charge in [0, 0.05) is 0 Å². The van der Waals surface area contributed by atoms with Crippen LogP contribution in [-0.2, 0) is 12.0 Å². The van der Waals surface area contributed by atoms with E-state index in [0.29, 0.717) is 5.92 Å². The molecule has 126 valence electrons. The first-order valence-corrected chi connectivity index (χ1v) is 9.13. The Morgan fingerprint density at radius 2 is 2.00 bits per heavy atom. The molecule has 3 nitrogen and oxygen atoms in total. The Balaban J connectivity index is 1.75. The van der Waals surface area contributed by atoms with Gasteiger partial charge in [0.25, 0.3) is 0 Å². The zero-order valence-electron chi connectivity index (χ0n) is 14.2. The molecule has 0 spiro atoms. The minimum Gasteiger partial charge on any atom is -0.497 e. The van der Waals surface area contributed by atoms with Crippen LogP contribution in [0.5, 0.6) is 5.75 Å². The van der Waals surface area contributed by atoms with E-state index in [9.17, 15) is 10.2 Å². The summed E-state index contributed by atoms with van der Waals surface area (Å²) in [5.41, 5.74) is 1.68. The molecule has 0 aromatic heterocycles. The summed E-state index contributed by atoms with van der Waals surface area (Å²) in [6, 6.07) is 6.14. The third-order valence-electron chi connectivity index (χ3n) is 7.39. The van der Waals surface area contributed by atoms with Crippen molar-refractivity contribution in [2.45, 2.75) is 63.6 Å². The summed E-state index contributed by atoms with van der Waals surface area (Å²) in [6.07, 6.45) is 6.56. The normalized spacial score (nSPS) is 41.8. The van der Waals surface area contributed by atoms with E-state index in [1.807, 2.05) is 6.07 Å². The fourth-order valence-corrected chi connectivity index (χ4v) is 6.14. The lowest BCUT2D eigenvalue weighted by Gasteiger charge is -2.55. The Morgan fingerprint density at radius 3 is 2.74 bits per heavy atom. The maximum atomic E-state index is 11.6. The van der Waals surface area contributed by atoms with E-state index in [-0.39, 0.29) is 17.4 Å². The van der Waals surface area contributed by atoms with Gasteiger partial charge in [0.05, 0.1) is 18.8 Å². The van der Waals surface area contributed by atoms with Gasteiger partial charge in [0.15, 0.2) is 0 Å². The SMILES string of the molecule is CC[C@]12CC[C@]3(O)c4ccc(OC)cc4CC[C@@H]3[C@@H]1CC[C@@H]2O. The molecule has 2 fully saturated rings. The monoisotopic (exact) mass is 316 g/mol. The van der Waals surface area contributed by atoms with Gasteiger partial charge in [-0.15, -0.1) is 0 Å². The first kappa shape index (κ1) is 15.5. The minimum atomic E-state index is -0.715. The van der Waals surface area contributed by atoms with Crippen molar-refractivity contribution in [3.8, 4) is 5.75 Å². The Hall–Kier alpha value is -1.06. The van der Waals surface area contributed by atoms with Crippen LogP contribution >= 0.6 is 0 Å². The van der Waals surface area contributed by atoms with Gasteiger partial charge in [-0.25, -0.2) is 0 Å². The molecule has 2 saturated carbocycles. The van der Waals surface area contributed by atoms with Crippen molar-refractivity contribution in [1.82, 2.24) is 0 Å². The van der Waals surface area contributed by atoms with Gasteiger partial charge < -0.3 is 14.9 Å². The van der Waals surface area contributed by atoms with E-state index in [1.54, 1.807) is 7.11 Å². The second kappa shape index (κ2) is 5.22. The zero-order chi connectivity index (χ0) is 16.2. The fraction of sp³-hybridized carbons (Fsp3) is 0.700. The molecule has 0 radical (unpaired) electrons. The first-order valence-electron chi connectivity index (χ1n) is 9.13. The number of aliphatic hydroxyl groups is 2. The van der Waals surface area contributed by atoms with Gasteiger partial charge in [-0.1, -0.05) is 13.0 Å². The van der Waals surface area contributed by atoms with Crippen LogP contribution in [0.15, 0.2) is 18.2 Å². The number of benzene rings is 1. The summed E-state index contributed by atoms with van der Waals surface area (Å²) in [7, 11) is 1.69. The highest BCUT2D eigenvalue weighted by Gasteiger charge is 2.60. The number of ether oxygens (including phenoxy) is 1. The summed E-state index contributed by atoms with van der Waals surface area (Å²) < 4.78 is 5.35. The van der Waals surface area contributed by atoms with Crippen molar-refractivity contribution in [1.29, 1.82) is 0 Å². The molecule has 0 unspecified atom stereocenters. The van der Waals surface area contributed by atoms with E-state index in [2.05, 4.69) is 19.1 Å². The topological polar surface area (TPSA) is 49.7 Å². The zero-order valence-corrected chi connectivity index (χ0v) is 14.2. The average Bonchev–Trinajstić information content (AvgIpc) is 2.91. The Labute approximate surface area is 138 Å². The maximum absolute atomic E-state index is 11.6. The number of methoxy groups -OCH3 is 1. The number of hydrogen-bond donors (Lipinski definition) is 2. The summed E-state index contributed by atoms with van der Waals surface area (Å²) in [5.74, 6) is 1.62. The predicted molar refractivity (Wildman–Crippen MR) is 89.4 cm³/mol. The van der Waals surface area contributed by atoms with Gasteiger partial charge in [-0.3, -0.25) is 0 Å². The van der Waals surface area contributed by atoms with Crippen LogP contribution in [0.4, 0.5) is 0 Å². The molecule has 3 aliphatic rings. The van der Waals surface area contributed by atoms with Crippen LogP contribution < -0.4 is 4.74 Å². The van der Waals surface area contributed by atoms with Crippen molar-refractivity contribution in [2.24, 2.45) is 17.3 Å². The smallest absolute Gasteiger partial charge is 0.119 e. The van der Waals surface area contributed by atoms with E-state index in [4.69, 9.17) is 4.74 Å². The Morgan fingerprint density at radius 1 is 1.17 bits per heavy atom. The summed E-state index contributed by atoms with van der Waals surface area (Å²) in [4.78, 5) is 0. The predicted octanol–water partition coefficient (Wildman–Crippen LogP) is 3.41. The number of hydrogen-bond acceptors (Lipinski definition) is 3. The van der Waals surface area contributed by atoms with Crippen LogP contribution in [-0.4, -0.2) is 23.4 Å². The van der Waals surface area contributed by atoms with Crippen LogP contribution in [0.1, 0.15) is 56.6 Å². The van der Waals surface area contributed by atoms with Crippen molar-refractivity contribution in [3.63, 3.8) is 0 Å². The molecular weight excluding hydrogens is 288 g/mol. The maximum Gasteiger partial charge on any atom is 0.119 e. The van der Waals surface area contributed by atoms with Crippen LogP contribution in [0.3, 0.4) is 0 Å². The van der Waals surface area contributed by atoms with Crippen molar-refractivity contribution >= 4 is 0 Å². The first-order chi connectivity index (χ1) is 11.0. The molecule has 23 heavy (non-hydrogen) atoms. The van der Waals surface area contributed by atoms with Gasteiger partial charge >= 0.3 is 0 Å². The summed E-state index contributed by atoms with van der Waals surface area (Å²) >= 11 is 0. The van der Waals surface area contributed by atoms with Crippen LogP contribution in [0.2, 0.25) is 0 Å². The Kier molecular flexibility index (Phi) is 3.51. The lowest BCUT2D eigenvalue weighted by molar-refractivity contribution is -0.149. The molecule has 2 N–H and O–H groups in total. The minimum absolute atomic E-state index is 0.0425. The molecule has 0 aliphatic heterocycles. The lowest BCUT2D eigenvalue weighted by atomic mass is 9.52.